The van der Waals surface area contributed by atoms with Gasteiger partial charge in [-0.15, -0.1) is 0 Å². The Kier molecular flexibility index (Phi) is 6.89. The monoisotopic (exact) mass is 507 g/mol. The third kappa shape index (κ3) is 5.40. The van der Waals surface area contributed by atoms with E-state index in [2.05, 4.69) is 73.5 Å². The van der Waals surface area contributed by atoms with Gasteiger partial charge >= 0.3 is 5.97 Å². The predicted octanol–water partition coefficient (Wildman–Crippen LogP) is 6.63. The molecule has 0 bridgehead atoms. The number of nitrogens with zero attached hydrogens (tertiary/aromatic N) is 2. The lowest BCUT2D eigenvalue weighted by atomic mass is 9.91. The highest BCUT2D eigenvalue weighted by molar-refractivity contribution is 6.04. The van der Waals surface area contributed by atoms with E-state index >= 15 is 0 Å². The average Bonchev–Trinajstić information content (AvgIpc) is 3.38. The van der Waals surface area contributed by atoms with Crippen molar-refractivity contribution in [3.63, 3.8) is 0 Å². The number of benzene rings is 3. The zero-order chi connectivity index (χ0) is 26.9. The second kappa shape index (κ2) is 10.3. The molecule has 0 radical (unpaired) electrons. The summed E-state index contributed by atoms with van der Waals surface area (Å²) in [7, 11) is 1.37. The van der Waals surface area contributed by atoms with Gasteiger partial charge < -0.3 is 10.1 Å². The van der Waals surface area contributed by atoms with Crippen LogP contribution in [0.25, 0.3) is 21.9 Å². The number of fused-ring (bicyclic) bond motifs is 2. The molecule has 1 aromatic heterocycles. The van der Waals surface area contributed by atoms with E-state index in [-0.39, 0.29) is 11.3 Å². The van der Waals surface area contributed by atoms with Crippen LogP contribution in [0.3, 0.4) is 0 Å². The smallest absolute Gasteiger partial charge is 0.337 e. The summed E-state index contributed by atoms with van der Waals surface area (Å²) in [6.45, 7) is 7.56. The van der Waals surface area contributed by atoms with Gasteiger partial charge in [-0.2, -0.15) is 0 Å². The van der Waals surface area contributed by atoms with E-state index in [1.807, 2.05) is 12.1 Å². The Hall–Kier alpha value is -4.19. The first-order valence-electron chi connectivity index (χ1n) is 13.0. The van der Waals surface area contributed by atoms with Crippen molar-refractivity contribution >= 4 is 34.2 Å². The van der Waals surface area contributed by atoms with Gasteiger partial charge in [0, 0.05) is 30.2 Å². The van der Waals surface area contributed by atoms with E-state index in [1.54, 1.807) is 23.2 Å². The fraction of sp³-hybridized carbons (Fsp3) is 0.281. The number of hydrogen-bond donors (Lipinski definition) is 1. The van der Waals surface area contributed by atoms with Crippen molar-refractivity contribution in [3.05, 3.63) is 89.6 Å². The Morgan fingerprint density at radius 3 is 2.47 bits per heavy atom. The quantitative estimate of drug-likeness (QED) is 0.297. The van der Waals surface area contributed by atoms with Crippen molar-refractivity contribution in [1.82, 2.24) is 4.98 Å². The van der Waals surface area contributed by atoms with Gasteiger partial charge in [0.25, 0.3) is 0 Å². The Morgan fingerprint density at radius 1 is 0.974 bits per heavy atom. The molecule has 1 aliphatic rings. The van der Waals surface area contributed by atoms with E-state index in [9.17, 15) is 9.59 Å². The van der Waals surface area contributed by atoms with E-state index in [0.717, 1.165) is 34.9 Å². The first-order chi connectivity index (χ1) is 18.2. The summed E-state index contributed by atoms with van der Waals surface area (Å²) < 4.78 is 4.88. The molecule has 38 heavy (non-hydrogen) atoms. The number of nitrogens with one attached hydrogen (secondary N) is 1. The normalized spacial score (nSPS) is 12.6. The fourth-order valence-electron chi connectivity index (χ4n) is 4.92. The molecule has 4 aromatic rings. The van der Waals surface area contributed by atoms with Crippen LogP contribution < -0.4 is 10.2 Å². The van der Waals surface area contributed by atoms with Crippen LogP contribution >= 0.6 is 0 Å². The molecule has 0 atom stereocenters. The number of carbonyl (C=O) groups is 2. The minimum Gasteiger partial charge on any atom is -0.465 e. The molecule has 0 unspecified atom stereocenters. The number of methoxy groups -OCH3 is 1. The summed E-state index contributed by atoms with van der Waals surface area (Å²) in [6.07, 6.45) is 3.11. The molecular formula is C32H33N3O3. The number of ether oxygens (including phenoxy) is 1. The maximum atomic E-state index is 13.6. The number of pyridine rings is 1. The van der Waals surface area contributed by atoms with Gasteiger partial charge in [-0.25, -0.2) is 9.78 Å². The second-order valence-electron chi connectivity index (χ2n) is 11.0. The van der Waals surface area contributed by atoms with Crippen molar-refractivity contribution in [2.45, 2.75) is 40.2 Å². The summed E-state index contributed by atoms with van der Waals surface area (Å²) in [5.41, 5.74) is 6.21. The first kappa shape index (κ1) is 25.5. The van der Waals surface area contributed by atoms with Crippen LogP contribution in [0, 0.1) is 5.41 Å². The number of rotatable bonds is 6. The summed E-state index contributed by atoms with van der Waals surface area (Å²) in [6, 6.07) is 22.1. The van der Waals surface area contributed by atoms with Gasteiger partial charge in [-0.3, -0.25) is 9.69 Å². The molecule has 3 aromatic carbocycles. The Bertz CT molecular complexity index is 1500. The van der Waals surface area contributed by atoms with E-state index < -0.39 is 5.97 Å². The van der Waals surface area contributed by atoms with Crippen LogP contribution in [0.1, 0.15) is 48.7 Å². The van der Waals surface area contributed by atoms with Crippen LogP contribution in [-0.2, 0) is 22.5 Å². The molecule has 1 amide bonds. The summed E-state index contributed by atoms with van der Waals surface area (Å²) in [4.78, 5) is 32.1. The first-order valence-corrected chi connectivity index (χ1v) is 13.0. The minimum absolute atomic E-state index is 0.00439. The largest absolute Gasteiger partial charge is 0.465 e. The van der Waals surface area contributed by atoms with Crippen molar-refractivity contribution < 1.29 is 14.3 Å². The SMILES string of the molecule is COC(=O)c1ccc2c(N(Cc3ccc(-c4ccc5c(c4)CCN5)cc3)C(=O)CC(C)(C)C)nccc2c1. The van der Waals surface area contributed by atoms with Crippen LogP contribution in [0.15, 0.2) is 72.9 Å². The van der Waals surface area contributed by atoms with Gasteiger partial charge in [0.05, 0.1) is 19.2 Å². The number of esters is 1. The third-order valence-corrected chi connectivity index (χ3v) is 6.85. The van der Waals surface area contributed by atoms with Gasteiger partial charge in [0.2, 0.25) is 5.91 Å². The number of anilines is 2. The lowest BCUT2D eigenvalue weighted by molar-refractivity contribution is -0.120. The summed E-state index contributed by atoms with van der Waals surface area (Å²) >= 11 is 0. The molecule has 0 aliphatic carbocycles. The molecule has 2 heterocycles. The highest BCUT2D eigenvalue weighted by Crippen LogP contribution is 2.31. The van der Waals surface area contributed by atoms with Crippen LogP contribution in [0.2, 0.25) is 0 Å². The van der Waals surface area contributed by atoms with Gasteiger partial charge in [-0.05, 0) is 75.9 Å². The molecule has 6 heteroatoms. The highest BCUT2D eigenvalue weighted by atomic mass is 16.5. The Balaban J connectivity index is 1.48. The van der Waals surface area contributed by atoms with Crippen LogP contribution in [-0.4, -0.2) is 30.5 Å². The summed E-state index contributed by atoms with van der Waals surface area (Å²) in [5, 5.41) is 5.05. The zero-order valence-corrected chi connectivity index (χ0v) is 22.4. The van der Waals surface area contributed by atoms with Crippen molar-refractivity contribution in [2.24, 2.45) is 5.41 Å². The van der Waals surface area contributed by atoms with Gasteiger partial charge in [-0.1, -0.05) is 51.1 Å². The number of carbonyl (C=O) groups excluding carboxylic acids is 2. The molecule has 0 saturated heterocycles. The predicted molar refractivity (Wildman–Crippen MR) is 152 cm³/mol. The average molecular weight is 508 g/mol. The van der Waals surface area contributed by atoms with Crippen LogP contribution in [0.4, 0.5) is 11.5 Å². The van der Waals surface area contributed by atoms with Gasteiger partial charge in [0.1, 0.15) is 5.82 Å². The number of amides is 1. The topological polar surface area (TPSA) is 71.5 Å². The standard InChI is InChI=1S/C32H33N3O3/c1-32(2,3)19-29(36)35(30-27-11-9-26(31(37)38-4)18-24(27)13-16-34-30)20-21-5-7-22(8-6-21)23-10-12-28-25(17-23)14-15-33-28/h5-13,16-18,33H,14-15,19-20H2,1-4H3. The maximum Gasteiger partial charge on any atom is 0.337 e. The van der Waals surface area contributed by atoms with E-state index in [1.165, 1.54) is 23.9 Å². The molecule has 1 N–H and O–H groups in total. The number of hydrogen-bond acceptors (Lipinski definition) is 5. The van der Waals surface area contributed by atoms with Crippen LogP contribution in [0.5, 0.6) is 0 Å². The molecular weight excluding hydrogens is 474 g/mol. The fourth-order valence-corrected chi connectivity index (χ4v) is 4.92. The molecule has 0 spiro atoms. The molecule has 6 nitrogen and oxygen atoms in total. The molecule has 0 saturated carbocycles. The minimum atomic E-state index is -0.398. The summed E-state index contributed by atoms with van der Waals surface area (Å²) in [5.74, 6) is 0.193. The lowest BCUT2D eigenvalue weighted by Crippen LogP contribution is -2.34. The molecule has 0 fully saturated rings. The Labute approximate surface area is 223 Å². The Morgan fingerprint density at radius 2 is 1.74 bits per heavy atom. The maximum absolute atomic E-state index is 13.6. The molecule has 194 valence electrons. The number of aromatic nitrogens is 1. The van der Waals surface area contributed by atoms with Crippen molar-refractivity contribution in [2.75, 3.05) is 23.9 Å². The lowest BCUT2D eigenvalue weighted by Gasteiger charge is -2.27. The molecule has 1 aliphatic heterocycles. The van der Waals surface area contributed by atoms with Crippen molar-refractivity contribution in [1.29, 1.82) is 0 Å². The van der Waals surface area contributed by atoms with E-state index in [4.69, 9.17) is 4.74 Å². The molecule has 5 rings (SSSR count). The zero-order valence-electron chi connectivity index (χ0n) is 22.4. The van der Waals surface area contributed by atoms with E-state index in [0.29, 0.717) is 24.3 Å². The third-order valence-electron chi connectivity index (χ3n) is 6.85. The van der Waals surface area contributed by atoms with Crippen molar-refractivity contribution in [3.8, 4) is 11.1 Å². The second-order valence-corrected chi connectivity index (χ2v) is 11.0. The van der Waals surface area contributed by atoms with Gasteiger partial charge in [0.15, 0.2) is 0 Å². The highest BCUT2D eigenvalue weighted by Gasteiger charge is 2.25.